The van der Waals surface area contributed by atoms with E-state index in [-0.39, 0.29) is 17.5 Å². The second-order valence-corrected chi connectivity index (χ2v) is 4.98. The quantitative estimate of drug-likeness (QED) is 0.848. The number of carbonyl (C=O) groups is 2. The van der Waals surface area contributed by atoms with Crippen LogP contribution < -0.4 is 5.32 Å². The number of halogens is 2. The van der Waals surface area contributed by atoms with Crippen LogP contribution in [0.25, 0.3) is 0 Å². The maximum absolute atomic E-state index is 11.8. The number of hydrogen-bond acceptors (Lipinski definition) is 2. The van der Waals surface area contributed by atoms with Gasteiger partial charge in [-0.15, -0.1) is 0 Å². The Balaban J connectivity index is 2.63. The van der Waals surface area contributed by atoms with Crippen molar-refractivity contribution < 1.29 is 14.7 Å². The Hall–Kier alpha value is -1.26. The molecule has 1 aromatic rings. The van der Waals surface area contributed by atoms with Gasteiger partial charge in [-0.3, -0.25) is 9.59 Å². The molecule has 0 aliphatic carbocycles. The zero-order valence-corrected chi connectivity index (χ0v) is 12.0. The molecular weight excluding hydrogens is 289 g/mol. The molecule has 6 heteroatoms. The van der Waals surface area contributed by atoms with Crippen LogP contribution in [0.3, 0.4) is 0 Å². The largest absolute Gasteiger partial charge is 0.481 e. The van der Waals surface area contributed by atoms with Crippen molar-refractivity contribution >= 4 is 35.1 Å². The maximum atomic E-state index is 11.8. The zero-order chi connectivity index (χ0) is 14.4. The van der Waals surface area contributed by atoms with E-state index < -0.39 is 11.9 Å². The highest BCUT2D eigenvalue weighted by Gasteiger charge is 2.17. The highest BCUT2D eigenvalue weighted by atomic mass is 35.5. The third-order valence-corrected chi connectivity index (χ3v) is 3.42. The molecule has 1 atom stereocenters. The monoisotopic (exact) mass is 303 g/mol. The fraction of sp³-hybridized carbons (Fsp3) is 0.385. The van der Waals surface area contributed by atoms with E-state index in [1.54, 1.807) is 6.07 Å². The highest BCUT2D eigenvalue weighted by molar-refractivity contribution is 6.42. The lowest BCUT2D eigenvalue weighted by Crippen LogP contribution is -2.32. The van der Waals surface area contributed by atoms with E-state index >= 15 is 0 Å². The van der Waals surface area contributed by atoms with Gasteiger partial charge in [-0.1, -0.05) is 36.5 Å². The number of amides is 1. The Kier molecular flexibility index (Phi) is 6.12. The van der Waals surface area contributed by atoms with Crippen molar-refractivity contribution in [2.45, 2.75) is 19.8 Å². The van der Waals surface area contributed by atoms with Gasteiger partial charge in [-0.05, 0) is 24.6 Å². The summed E-state index contributed by atoms with van der Waals surface area (Å²) in [6, 6.07) is 4.52. The third kappa shape index (κ3) is 4.73. The first-order valence-electron chi connectivity index (χ1n) is 5.91. The number of benzene rings is 1. The van der Waals surface area contributed by atoms with E-state index in [0.717, 1.165) is 6.42 Å². The minimum absolute atomic E-state index is 0.0995. The van der Waals surface area contributed by atoms with E-state index in [1.807, 2.05) is 6.92 Å². The molecule has 1 amide bonds. The molecule has 0 saturated heterocycles. The summed E-state index contributed by atoms with van der Waals surface area (Å²) in [5.74, 6) is -1.84. The predicted octanol–water partition coefficient (Wildman–Crippen LogP) is 3.22. The summed E-state index contributed by atoms with van der Waals surface area (Å²) in [4.78, 5) is 22.8. The van der Waals surface area contributed by atoms with E-state index in [0.29, 0.717) is 17.0 Å². The van der Waals surface area contributed by atoms with Crippen LogP contribution in [0.5, 0.6) is 0 Å². The molecule has 19 heavy (non-hydrogen) atoms. The van der Waals surface area contributed by atoms with Gasteiger partial charge < -0.3 is 10.4 Å². The van der Waals surface area contributed by atoms with Gasteiger partial charge in [0.15, 0.2) is 0 Å². The van der Waals surface area contributed by atoms with Crippen LogP contribution >= 0.6 is 23.2 Å². The Morgan fingerprint density at radius 2 is 2.00 bits per heavy atom. The summed E-state index contributed by atoms with van der Waals surface area (Å²) in [5, 5.41) is 12.2. The standard InChI is InChI=1S/C13H15Cl2NO3/c1-2-3-9(13(18)19)7-16-12(17)8-4-5-10(14)11(15)6-8/h4-6,9H,2-3,7H2,1H3,(H,16,17)(H,18,19). The van der Waals surface area contributed by atoms with Gasteiger partial charge >= 0.3 is 5.97 Å². The molecule has 1 unspecified atom stereocenters. The van der Waals surface area contributed by atoms with Gasteiger partial charge in [0.25, 0.3) is 5.91 Å². The first-order chi connectivity index (χ1) is 8.95. The predicted molar refractivity (Wildman–Crippen MR) is 74.8 cm³/mol. The van der Waals surface area contributed by atoms with Gasteiger partial charge in [0.05, 0.1) is 16.0 Å². The first kappa shape index (κ1) is 15.8. The van der Waals surface area contributed by atoms with Crippen molar-refractivity contribution in [3.8, 4) is 0 Å². The SMILES string of the molecule is CCCC(CNC(=O)c1ccc(Cl)c(Cl)c1)C(=O)O. The molecule has 2 N–H and O–H groups in total. The Bertz CT molecular complexity index is 477. The molecule has 104 valence electrons. The average Bonchev–Trinajstić information content (AvgIpc) is 2.37. The molecule has 0 aromatic heterocycles. The van der Waals surface area contributed by atoms with Crippen molar-refractivity contribution in [1.29, 1.82) is 0 Å². The average molecular weight is 304 g/mol. The number of carbonyl (C=O) groups excluding carboxylic acids is 1. The van der Waals surface area contributed by atoms with E-state index in [2.05, 4.69) is 5.32 Å². The molecule has 0 aliphatic heterocycles. The second kappa shape index (κ2) is 7.36. The molecule has 0 heterocycles. The van der Waals surface area contributed by atoms with Crippen LogP contribution in [-0.4, -0.2) is 23.5 Å². The summed E-state index contributed by atoms with van der Waals surface area (Å²) in [7, 11) is 0. The smallest absolute Gasteiger partial charge is 0.308 e. The number of nitrogens with one attached hydrogen (secondary N) is 1. The van der Waals surface area contributed by atoms with Gasteiger partial charge in [-0.25, -0.2) is 0 Å². The zero-order valence-electron chi connectivity index (χ0n) is 10.5. The molecule has 4 nitrogen and oxygen atoms in total. The Labute approximate surface area is 121 Å². The summed E-state index contributed by atoms with van der Waals surface area (Å²) >= 11 is 11.6. The highest BCUT2D eigenvalue weighted by Crippen LogP contribution is 2.22. The van der Waals surface area contributed by atoms with Crippen LogP contribution in [0.2, 0.25) is 10.0 Å². The number of aliphatic carboxylic acids is 1. The van der Waals surface area contributed by atoms with Crippen LogP contribution in [0.1, 0.15) is 30.1 Å². The van der Waals surface area contributed by atoms with Crippen LogP contribution in [0, 0.1) is 5.92 Å². The van der Waals surface area contributed by atoms with Gasteiger partial charge in [0, 0.05) is 12.1 Å². The molecule has 1 aromatic carbocycles. The lowest BCUT2D eigenvalue weighted by Gasteiger charge is -2.12. The molecule has 0 fully saturated rings. The molecule has 0 aliphatic rings. The minimum Gasteiger partial charge on any atom is -0.481 e. The Morgan fingerprint density at radius 1 is 1.32 bits per heavy atom. The molecule has 0 radical (unpaired) electrons. The lowest BCUT2D eigenvalue weighted by molar-refractivity contribution is -0.141. The van der Waals surface area contributed by atoms with Crippen molar-refractivity contribution in [3.63, 3.8) is 0 Å². The maximum Gasteiger partial charge on any atom is 0.308 e. The summed E-state index contributed by atoms with van der Waals surface area (Å²) < 4.78 is 0. The minimum atomic E-state index is -0.906. The van der Waals surface area contributed by atoms with Crippen molar-refractivity contribution in [2.24, 2.45) is 5.92 Å². The van der Waals surface area contributed by atoms with Gasteiger partial charge in [0.2, 0.25) is 0 Å². The van der Waals surface area contributed by atoms with Crippen molar-refractivity contribution in [1.82, 2.24) is 5.32 Å². The van der Waals surface area contributed by atoms with Crippen LogP contribution in [-0.2, 0) is 4.79 Å². The number of hydrogen-bond donors (Lipinski definition) is 2. The van der Waals surface area contributed by atoms with E-state index in [1.165, 1.54) is 12.1 Å². The molecule has 1 rings (SSSR count). The van der Waals surface area contributed by atoms with Crippen molar-refractivity contribution in [2.75, 3.05) is 6.54 Å². The number of rotatable bonds is 6. The second-order valence-electron chi connectivity index (χ2n) is 4.16. The fourth-order valence-corrected chi connectivity index (χ4v) is 1.91. The summed E-state index contributed by atoms with van der Waals surface area (Å²) in [6.45, 7) is 2.00. The lowest BCUT2D eigenvalue weighted by atomic mass is 10.0. The van der Waals surface area contributed by atoms with Crippen LogP contribution in [0.4, 0.5) is 0 Å². The Morgan fingerprint density at radius 3 is 2.53 bits per heavy atom. The third-order valence-electron chi connectivity index (χ3n) is 2.68. The number of carboxylic acid groups (broad SMARTS) is 1. The topological polar surface area (TPSA) is 66.4 Å². The molecular formula is C13H15Cl2NO3. The molecule has 0 bridgehead atoms. The van der Waals surface area contributed by atoms with E-state index in [9.17, 15) is 9.59 Å². The van der Waals surface area contributed by atoms with E-state index in [4.69, 9.17) is 28.3 Å². The van der Waals surface area contributed by atoms with Gasteiger partial charge in [0.1, 0.15) is 0 Å². The molecule has 0 saturated carbocycles. The first-order valence-corrected chi connectivity index (χ1v) is 6.67. The normalized spacial score (nSPS) is 11.9. The summed E-state index contributed by atoms with van der Waals surface area (Å²) in [5.41, 5.74) is 0.357. The van der Waals surface area contributed by atoms with Crippen molar-refractivity contribution in [3.05, 3.63) is 33.8 Å². The van der Waals surface area contributed by atoms with Gasteiger partial charge in [-0.2, -0.15) is 0 Å². The number of carboxylic acids is 1. The fourth-order valence-electron chi connectivity index (χ4n) is 1.62. The summed E-state index contributed by atoms with van der Waals surface area (Å²) in [6.07, 6.45) is 1.27. The van der Waals surface area contributed by atoms with Crippen LogP contribution in [0.15, 0.2) is 18.2 Å². The molecule has 0 spiro atoms.